The Bertz CT molecular complexity index is 732. The van der Waals surface area contributed by atoms with Gasteiger partial charge in [-0.2, -0.15) is 0 Å². The number of aryl methyl sites for hydroxylation is 1. The number of benzene rings is 1. The molecule has 5 nitrogen and oxygen atoms in total. The van der Waals surface area contributed by atoms with Gasteiger partial charge in [0.15, 0.2) is 0 Å². The fourth-order valence-electron chi connectivity index (χ4n) is 1.65. The molecule has 7 heteroatoms. The van der Waals surface area contributed by atoms with Gasteiger partial charge in [0.05, 0.1) is 11.9 Å². The first-order valence-corrected chi connectivity index (χ1v) is 8.13. The summed E-state index contributed by atoms with van der Waals surface area (Å²) in [6.45, 7) is 2.09. The van der Waals surface area contributed by atoms with E-state index in [1.54, 1.807) is 30.5 Å². The molecule has 0 radical (unpaired) electrons. The standard InChI is InChI=1S/C13H14BrN3O2S/c1-9-4-5-16-8-12(9)17-20(18,19)13-6-10(7-15)2-3-11(13)14/h2-6,8,17H,7,15H2,1H3. The van der Waals surface area contributed by atoms with Gasteiger partial charge in [-0.15, -0.1) is 0 Å². The molecule has 0 spiro atoms. The van der Waals surface area contributed by atoms with E-state index in [-0.39, 0.29) is 11.4 Å². The minimum atomic E-state index is -3.69. The number of hydrogen-bond donors (Lipinski definition) is 2. The average Bonchev–Trinajstić information content (AvgIpc) is 2.41. The second kappa shape index (κ2) is 5.90. The molecule has 0 bridgehead atoms. The van der Waals surface area contributed by atoms with Crippen LogP contribution in [0, 0.1) is 6.92 Å². The van der Waals surface area contributed by atoms with Gasteiger partial charge >= 0.3 is 0 Å². The van der Waals surface area contributed by atoms with Crippen LogP contribution < -0.4 is 10.5 Å². The zero-order valence-corrected chi connectivity index (χ0v) is 13.2. The van der Waals surface area contributed by atoms with E-state index in [9.17, 15) is 8.42 Å². The van der Waals surface area contributed by atoms with E-state index in [4.69, 9.17) is 5.73 Å². The molecule has 1 aromatic carbocycles. The second-order valence-corrected chi connectivity index (χ2v) is 6.77. The number of nitrogens with one attached hydrogen (secondary N) is 1. The van der Waals surface area contributed by atoms with Gasteiger partial charge in [-0.05, 0) is 52.2 Å². The zero-order chi connectivity index (χ0) is 14.8. The molecule has 20 heavy (non-hydrogen) atoms. The number of rotatable bonds is 4. The Balaban J connectivity index is 2.43. The lowest BCUT2D eigenvalue weighted by Gasteiger charge is -2.12. The van der Waals surface area contributed by atoms with Gasteiger partial charge < -0.3 is 5.73 Å². The quantitative estimate of drug-likeness (QED) is 0.881. The summed E-state index contributed by atoms with van der Waals surface area (Å²) >= 11 is 3.25. The summed E-state index contributed by atoms with van der Waals surface area (Å²) in [5.74, 6) is 0. The van der Waals surface area contributed by atoms with Crippen molar-refractivity contribution in [3.63, 3.8) is 0 Å². The fourth-order valence-corrected chi connectivity index (χ4v) is 3.78. The van der Waals surface area contributed by atoms with Crippen molar-refractivity contribution in [1.29, 1.82) is 0 Å². The minimum Gasteiger partial charge on any atom is -0.326 e. The maximum absolute atomic E-state index is 12.4. The topological polar surface area (TPSA) is 85.1 Å². The van der Waals surface area contributed by atoms with Crippen molar-refractivity contribution in [2.45, 2.75) is 18.4 Å². The van der Waals surface area contributed by atoms with Crippen LogP contribution >= 0.6 is 15.9 Å². The number of anilines is 1. The summed E-state index contributed by atoms with van der Waals surface area (Å²) in [6, 6.07) is 6.74. The van der Waals surface area contributed by atoms with Gasteiger partial charge in [-0.3, -0.25) is 9.71 Å². The lowest BCUT2D eigenvalue weighted by Crippen LogP contribution is -2.15. The summed E-state index contributed by atoms with van der Waals surface area (Å²) in [6.07, 6.45) is 3.09. The Kier molecular flexibility index (Phi) is 4.42. The van der Waals surface area contributed by atoms with Gasteiger partial charge in [0.1, 0.15) is 4.90 Å². The molecule has 2 rings (SSSR count). The van der Waals surface area contributed by atoms with Crippen LogP contribution in [0.15, 0.2) is 46.0 Å². The maximum Gasteiger partial charge on any atom is 0.263 e. The van der Waals surface area contributed by atoms with Gasteiger partial charge in [0, 0.05) is 17.2 Å². The fraction of sp³-hybridized carbons (Fsp3) is 0.154. The highest BCUT2D eigenvalue weighted by Crippen LogP contribution is 2.26. The highest BCUT2D eigenvalue weighted by atomic mass is 79.9. The van der Waals surface area contributed by atoms with Gasteiger partial charge in [-0.25, -0.2) is 8.42 Å². The number of nitrogens with zero attached hydrogens (tertiary/aromatic N) is 1. The molecule has 0 amide bonds. The number of halogens is 1. The van der Waals surface area contributed by atoms with Crippen LogP contribution in [0.5, 0.6) is 0 Å². The Morgan fingerprint density at radius 2 is 2.10 bits per heavy atom. The number of hydrogen-bond acceptors (Lipinski definition) is 4. The Morgan fingerprint density at radius 3 is 2.75 bits per heavy atom. The highest BCUT2D eigenvalue weighted by molar-refractivity contribution is 9.10. The third kappa shape index (κ3) is 3.17. The summed E-state index contributed by atoms with van der Waals surface area (Å²) in [4.78, 5) is 4.08. The monoisotopic (exact) mass is 355 g/mol. The number of pyridine rings is 1. The van der Waals surface area contributed by atoms with E-state index in [2.05, 4.69) is 25.6 Å². The highest BCUT2D eigenvalue weighted by Gasteiger charge is 2.19. The molecule has 2 aromatic rings. The summed E-state index contributed by atoms with van der Waals surface area (Å²) < 4.78 is 27.9. The van der Waals surface area contributed by atoms with Crippen LogP contribution in [-0.2, 0) is 16.6 Å². The van der Waals surface area contributed by atoms with E-state index in [1.165, 1.54) is 6.20 Å². The molecule has 0 aliphatic rings. The van der Waals surface area contributed by atoms with Crippen LogP contribution in [0.1, 0.15) is 11.1 Å². The largest absolute Gasteiger partial charge is 0.326 e. The third-order valence-corrected chi connectivity index (χ3v) is 5.16. The Hall–Kier alpha value is -1.44. The van der Waals surface area contributed by atoms with Crippen molar-refractivity contribution >= 4 is 31.6 Å². The smallest absolute Gasteiger partial charge is 0.263 e. The minimum absolute atomic E-state index is 0.156. The summed E-state index contributed by atoms with van der Waals surface area (Å²) in [7, 11) is -3.69. The first-order valence-electron chi connectivity index (χ1n) is 5.86. The van der Waals surface area contributed by atoms with E-state index < -0.39 is 10.0 Å². The van der Waals surface area contributed by atoms with Gasteiger partial charge in [-0.1, -0.05) is 6.07 Å². The number of aromatic nitrogens is 1. The normalized spacial score (nSPS) is 11.3. The lowest BCUT2D eigenvalue weighted by molar-refractivity contribution is 0.600. The van der Waals surface area contributed by atoms with Crippen molar-refractivity contribution in [1.82, 2.24) is 4.98 Å². The molecule has 0 aliphatic heterocycles. The van der Waals surface area contributed by atoms with Crippen LogP contribution in [-0.4, -0.2) is 13.4 Å². The lowest BCUT2D eigenvalue weighted by atomic mass is 10.2. The van der Waals surface area contributed by atoms with Crippen molar-refractivity contribution in [3.8, 4) is 0 Å². The van der Waals surface area contributed by atoms with E-state index in [1.807, 2.05) is 6.92 Å². The molecule has 1 heterocycles. The van der Waals surface area contributed by atoms with Crippen LogP contribution in [0.4, 0.5) is 5.69 Å². The van der Waals surface area contributed by atoms with Crippen LogP contribution in [0.2, 0.25) is 0 Å². The van der Waals surface area contributed by atoms with E-state index >= 15 is 0 Å². The van der Waals surface area contributed by atoms with Gasteiger partial charge in [0.2, 0.25) is 0 Å². The molecule has 106 valence electrons. The Morgan fingerprint density at radius 1 is 1.35 bits per heavy atom. The molecule has 3 N–H and O–H groups in total. The van der Waals surface area contributed by atoms with E-state index in [0.29, 0.717) is 10.2 Å². The molecule has 0 fully saturated rings. The molecular weight excluding hydrogens is 342 g/mol. The third-order valence-electron chi connectivity index (χ3n) is 2.80. The van der Waals surface area contributed by atoms with Crippen LogP contribution in [0.25, 0.3) is 0 Å². The number of sulfonamides is 1. The molecule has 0 saturated heterocycles. The predicted octanol–water partition coefficient (Wildman–Crippen LogP) is 2.41. The first kappa shape index (κ1) is 15.0. The zero-order valence-electron chi connectivity index (χ0n) is 10.8. The van der Waals surface area contributed by atoms with Crippen LogP contribution in [0.3, 0.4) is 0 Å². The number of nitrogens with two attached hydrogens (primary N) is 1. The molecule has 0 unspecified atom stereocenters. The van der Waals surface area contributed by atoms with Crippen molar-refractivity contribution < 1.29 is 8.42 Å². The van der Waals surface area contributed by atoms with Crippen molar-refractivity contribution in [3.05, 3.63) is 52.3 Å². The summed E-state index contributed by atoms with van der Waals surface area (Å²) in [5.41, 5.74) is 7.55. The second-order valence-electron chi connectivity index (χ2n) is 4.26. The molecule has 0 saturated carbocycles. The molecule has 0 atom stereocenters. The first-order chi connectivity index (χ1) is 9.44. The molecule has 0 aliphatic carbocycles. The van der Waals surface area contributed by atoms with Gasteiger partial charge in [0.25, 0.3) is 10.0 Å². The maximum atomic E-state index is 12.4. The average molecular weight is 356 g/mol. The molecule has 1 aromatic heterocycles. The SMILES string of the molecule is Cc1ccncc1NS(=O)(=O)c1cc(CN)ccc1Br. The van der Waals surface area contributed by atoms with Crippen molar-refractivity contribution in [2.75, 3.05) is 4.72 Å². The van der Waals surface area contributed by atoms with Crippen molar-refractivity contribution in [2.24, 2.45) is 5.73 Å². The predicted molar refractivity (Wildman–Crippen MR) is 81.8 cm³/mol. The molecular formula is C13H14BrN3O2S. The Labute approximate surface area is 126 Å². The van der Waals surface area contributed by atoms with E-state index in [0.717, 1.165) is 11.1 Å². The summed E-state index contributed by atoms with van der Waals surface area (Å²) in [5, 5.41) is 0.